The summed E-state index contributed by atoms with van der Waals surface area (Å²) in [4.78, 5) is 17.5. The Bertz CT molecular complexity index is 1010. The molecule has 1 saturated carbocycles. The fourth-order valence-electron chi connectivity index (χ4n) is 4.45. The quantitative estimate of drug-likeness (QED) is 0.640. The van der Waals surface area contributed by atoms with Crippen LogP contribution in [-0.2, 0) is 11.3 Å². The van der Waals surface area contributed by atoms with Gasteiger partial charge in [-0.25, -0.2) is 0 Å². The lowest BCUT2D eigenvalue weighted by molar-refractivity contribution is -0.147. The van der Waals surface area contributed by atoms with Crippen molar-refractivity contribution in [1.82, 2.24) is 15.0 Å². The van der Waals surface area contributed by atoms with Crippen molar-refractivity contribution in [3.8, 4) is 22.8 Å². The highest BCUT2D eigenvalue weighted by atomic mass is 16.5. The molecule has 30 heavy (non-hydrogen) atoms. The van der Waals surface area contributed by atoms with Crippen LogP contribution >= 0.6 is 0 Å². The summed E-state index contributed by atoms with van der Waals surface area (Å²) in [5.74, 6) is 1.41. The van der Waals surface area contributed by atoms with Crippen LogP contribution in [0.1, 0.15) is 49.3 Å². The zero-order valence-corrected chi connectivity index (χ0v) is 16.8. The van der Waals surface area contributed by atoms with Crippen molar-refractivity contribution >= 4 is 5.97 Å². The summed E-state index contributed by atoms with van der Waals surface area (Å²) in [5, 5.41) is 13.1. The third kappa shape index (κ3) is 3.89. The fraction of sp³-hybridized carbons (Fsp3) is 0.435. The van der Waals surface area contributed by atoms with Gasteiger partial charge in [-0.2, -0.15) is 4.98 Å². The predicted molar refractivity (Wildman–Crippen MR) is 110 cm³/mol. The van der Waals surface area contributed by atoms with Crippen molar-refractivity contribution in [2.45, 2.75) is 44.6 Å². The van der Waals surface area contributed by atoms with E-state index < -0.39 is 5.97 Å². The Kier molecular flexibility index (Phi) is 5.12. The number of nitrogens with zero attached hydrogens (tertiary/aromatic N) is 3. The maximum atomic E-state index is 10.9. The van der Waals surface area contributed by atoms with Crippen molar-refractivity contribution in [3.63, 3.8) is 0 Å². The average molecular weight is 407 g/mol. The third-order valence-corrected chi connectivity index (χ3v) is 6.26. The van der Waals surface area contributed by atoms with Gasteiger partial charge in [0, 0.05) is 18.7 Å². The molecule has 3 aromatic rings. The highest BCUT2D eigenvalue weighted by molar-refractivity contribution is 5.71. The number of aliphatic carboxylic acids is 1. The predicted octanol–water partition coefficient (Wildman–Crippen LogP) is 4.56. The zero-order chi connectivity index (χ0) is 20.5. The second-order valence-electron chi connectivity index (χ2n) is 8.41. The summed E-state index contributed by atoms with van der Waals surface area (Å²) in [5.41, 5.74) is 3.07. The highest BCUT2D eigenvalue weighted by Gasteiger charge is 2.32. The molecule has 1 aromatic carbocycles. The molecule has 1 aliphatic heterocycles. The fourth-order valence-corrected chi connectivity index (χ4v) is 4.45. The first-order valence-electron chi connectivity index (χ1n) is 10.6. The van der Waals surface area contributed by atoms with Gasteiger partial charge >= 0.3 is 5.97 Å². The van der Waals surface area contributed by atoms with Crippen LogP contribution < -0.4 is 0 Å². The van der Waals surface area contributed by atoms with Gasteiger partial charge in [-0.3, -0.25) is 9.69 Å². The van der Waals surface area contributed by atoms with Crippen molar-refractivity contribution in [2.24, 2.45) is 5.92 Å². The summed E-state index contributed by atoms with van der Waals surface area (Å²) in [6.07, 6.45) is 8.18. The van der Waals surface area contributed by atoms with Crippen LogP contribution in [0.15, 0.2) is 45.5 Å². The molecular formula is C23H25N3O4. The van der Waals surface area contributed by atoms with E-state index in [1.54, 1.807) is 6.26 Å². The van der Waals surface area contributed by atoms with E-state index in [2.05, 4.69) is 34.4 Å². The second-order valence-corrected chi connectivity index (χ2v) is 8.41. The highest BCUT2D eigenvalue weighted by Crippen LogP contribution is 2.33. The Hall–Kier alpha value is -2.93. The van der Waals surface area contributed by atoms with E-state index in [-0.39, 0.29) is 5.92 Å². The first-order chi connectivity index (χ1) is 14.7. The number of carboxylic acid groups (broad SMARTS) is 1. The van der Waals surface area contributed by atoms with Gasteiger partial charge in [-0.05, 0) is 42.5 Å². The van der Waals surface area contributed by atoms with E-state index in [4.69, 9.17) is 14.0 Å². The molecule has 1 saturated heterocycles. The Morgan fingerprint density at radius 2 is 1.87 bits per heavy atom. The van der Waals surface area contributed by atoms with Crippen molar-refractivity contribution in [2.75, 3.05) is 13.1 Å². The minimum atomic E-state index is -0.738. The summed E-state index contributed by atoms with van der Waals surface area (Å²) < 4.78 is 11.1. The van der Waals surface area contributed by atoms with Gasteiger partial charge in [0.15, 0.2) is 0 Å². The van der Waals surface area contributed by atoms with Gasteiger partial charge in [0.2, 0.25) is 5.82 Å². The number of rotatable bonds is 6. The molecule has 1 aliphatic carbocycles. The topological polar surface area (TPSA) is 92.6 Å². The van der Waals surface area contributed by atoms with Crippen LogP contribution in [0.2, 0.25) is 0 Å². The minimum Gasteiger partial charge on any atom is -0.481 e. The molecule has 0 bridgehead atoms. The zero-order valence-electron chi connectivity index (χ0n) is 16.8. The number of likely N-dealkylation sites (tertiary alicyclic amines) is 1. The van der Waals surface area contributed by atoms with Gasteiger partial charge in [-0.15, -0.1) is 0 Å². The van der Waals surface area contributed by atoms with Crippen molar-refractivity contribution in [3.05, 3.63) is 47.9 Å². The lowest BCUT2D eigenvalue weighted by Crippen LogP contribution is -2.49. The van der Waals surface area contributed by atoms with Crippen LogP contribution in [0.3, 0.4) is 0 Å². The van der Waals surface area contributed by atoms with Gasteiger partial charge < -0.3 is 14.0 Å². The first kappa shape index (κ1) is 19.1. The molecule has 156 valence electrons. The largest absolute Gasteiger partial charge is 0.481 e. The number of carboxylic acids is 1. The minimum absolute atomic E-state index is 0.274. The maximum absolute atomic E-state index is 10.9. The molecule has 2 fully saturated rings. The van der Waals surface area contributed by atoms with E-state index in [1.807, 2.05) is 11.0 Å². The number of hydrogen-bond acceptors (Lipinski definition) is 6. The number of hydrogen-bond donors (Lipinski definition) is 1. The SMILES string of the molecule is O=C(O)C1CN(Cc2cc(-c3noc(-c4ccc(C5CCCCC5)cc4)n3)co2)C1. The molecule has 0 radical (unpaired) electrons. The van der Waals surface area contributed by atoms with E-state index in [9.17, 15) is 4.79 Å². The lowest BCUT2D eigenvalue weighted by Gasteiger charge is -2.35. The smallest absolute Gasteiger partial charge is 0.309 e. The standard InChI is InChI=1S/C23H25N3O4/c27-23(28)19-11-26(12-19)13-20-10-18(14-29-20)21-24-22(30-25-21)17-8-6-16(7-9-17)15-4-2-1-3-5-15/h6-10,14-15,19H,1-5,11-13H2,(H,27,28). The van der Waals surface area contributed by atoms with Gasteiger partial charge in [-0.1, -0.05) is 36.6 Å². The molecule has 7 heteroatoms. The van der Waals surface area contributed by atoms with Gasteiger partial charge in [0.25, 0.3) is 5.89 Å². The van der Waals surface area contributed by atoms with E-state index in [0.717, 1.165) is 16.9 Å². The van der Waals surface area contributed by atoms with E-state index in [0.29, 0.717) is 37.3 Å². The van der Waals surface area contributed by atoms with Gasteiger partial charge in [0.05, 0.1) is 18.0 Å². The third-order valence-electron chi connectivity index (χ3n) is 6.26. The van der Waals surface area contributed by atoms with Crippen LogP contribution in [0.4, 0.5) is 0 Å². The van der Waals surface area contributed by atoms with Crippen LogP contribution in [0.25, 0.3) is 22.8 Å². The molecular weight excluding hydrogens is 382 g/mol. The van der Waals surface area contributed by atoms with Crippen molar-refractivity contribution < 1.29 is 18.8 Å². The summed E-state index contributed by atoms with van der Waals surface area (Å²) in [7, 11) is 0. The van der Waals surface area contributed by atoms with Crippen LogP contribution in [-0.4, -0.2) is 39.2 Å². The maximum Gasteiger partial charge on any atom is 0.309 e. The summed E-state index contributed by atoms with van der Waals surface area (Å²) >= 11 is 0. The number of aromatic nitrogens is 2. The molecule has 2 aromatic heterocycles. The Balaban J connectivity index is 1.23. The molecule has 0 spiro atoms. The average Bonchev–Trinajstić information content (AvgIpc) is 3.40. The number of benzene rings is 1. The van der Waals surface area contributed by atoms with E-state index in [1.165, 1.54) is 37.7 Å². The molecule has 5 rings (SSSR count). The molecule has 0 unspecified atom stereocenters. The molecule has 2 aliphatic rings. The first-order valence-corrected chi connectivity index (χ1v) is 10.6. The summed E-state index contributed by atoms with van der Waals surface area (Å²) in [6.45, 7) is 1.68. The van der Waals surface area contributed by atoms with Crippen molar-refractivity contribution in [1.29, 1.82) is 0 Å². The molecule has 0 atom stereocenters. The normalized spacial score (nSPS) is 18.4. The van der Waals surface area contributed by atoms with Crippen LogP contribution in [0, 0.1) is 5.92 Å². The second kappa shape index (κ2) is 8.07. The Morgan fingerprint density at radius 1 is 1.10 bits per heavy atom. The summed E-state index contributed by atoms with van der Waals surface area (Å²) in [6, 6.07) is 10.4. The Morgan fingerprint density at radius 3 is 2.60 bits per heavy atom. The molecule has 3 heterocycles. The Labute approximate surface area is 174 Å². The monoisotopic (exact) mass is 407 g/mol. The van der Waals surface area contributed by atoms with E-state index >= 15 is 0 Å². The number of furan rings is 1. The lowest BCUT2D eigenvalue weighted by atomic mass is 9.84. The molecule has 0 amide bonds. The van der Waals surface area contributed by atoms with Gasteiger partial charge in [0.1, 0.15) is 12.0 Å². The molecule has 1 N–H and O–H groups in total. The van der Waals surface area contributed by atoms with Crippen LogP contribution in [0.5, 0.6) is 0 Å². The molecule has 7 nitrogen and oxygen atoms in total. The number of carbonyl (C=O) groups is 1.